The SMILES string of the molecule is C1=CC2NC(c3ccc(-c4ccc(-c5cc6c7ccccc7oc6c6ccccc56)cc4)cc3)=CN2C=C1. The lowest BCUT2D eigenvalue weighted by atomic mass is 9.94. The number of furan rings is 1. The van der Waals surface area contributed by atoms with Gasteiger partial charge in [0.05, 0.1) is 5.70 Å². The summed E-state index contributed by atoms with van der Waals surface area (Å²) >= 11 is 0. The second-order valence-corrected chi connectivity index (χ2v) is 9.90. The van der Waals surface area contributed by atoms with Gasteiger partial charge in [0.25, 0.3) is 0 Å². The second kappa shape index (κ2) is 8.25. The predicted molar refractivity (Wildman–Crippen MR) is 157 cm³/mol. The summed E-state index contributed by atoms with van der Waals surface area (Å²) in [6.45, 7) is 0. The molecule has 0 aliphatic carbocycles. The van der Waals surface area contributed by atoms with E-state index in [9.17, 15) is 0 Å². The molecule has 0 saturated carbocycles. The van der Waals surface area contributed by atoms with Crippen molar-refractivity contribution in [3.05, 3.63) is 139 Å². The molecule has 2 aliphatic heterocycles. The van der Waals surface area contributed by atoms with E-state index in [1.54, 1.807) is 0 Å². The zero-order valence-electron chi connectivity index (χ0n) is 20.6. The van der Waals surface area contributed by atoms with Crippen molar-refractivity contribution in [1.29, 1.82) is 0 Å². The van der Waals surface area contributed by atoms with Crippen LogP contribution in [0.4, 0.5) is 0 Å². The Bertz CT molecular complexity index is 1940. The van der Waals surface area contributed by atoms with E-state index in [4.69, 9.17) is 4.42 Å². The highest BCUT2D eigenvalue weighted by atomic mass is 16.3. The lowest BCUT2D eigenvalue weighted by Crippen LogP contribution is -2.31. The van der Waals surface area contributed by atoms with Crippen molar-refractivity contribution in [3.63, 3.8) is 0 Å². The maximum absolute atomic E-state index is 6.29. The van der Waals surface area contributed by atoms with Gasteiger partial charge >= 0.3 is 0 Å². The van der Waals surface area contributed by atoms with Gasteiger partial charge in [-0.15, -0.1) is 0 Å². The zero-order chi connectivity index (χ0) is 25.1. The number of rotatable bonds is 3. The van der Waals surface area contributed by atoms with Crippen molar-refractivity contribution < 1.29 is 4.42 Å². The molecule has 3 heterocycles. The van der Waals surface area contributed by atoms with Gasteiger partial charge in [-0.25, -0.2) is 0 Å². The zero-order valence-corrected chi connectivity index (χ0v) is 20.6. The van der Waals surface area contributed by atoms with Crippen molar-refractivity contribution in [2.24, 2.45) is 0 Å². The second-order valence-electron chi connectivity index (χ2n) is 9.90. The first-order valence-corrected chi connectivity index (χ1v) is 13.0. The maximum atomic E-state index is 6.29. The number of nitrogens with one attached hydrogen (secondary N) is 1. The molecule has 0 bridgehead atoms. The molecule has 3 nitrogen and oxygen atoms in total. The number of hydrogen-bond donors (Lipinski definition) is 1. The van der Waals surface area contributed by atoms with Gasteiger partial charge in [0.1, 0.15) is 17.3 Å². The van der Waals surface area contributed by atoms with Crippen LogP contribution in [0.3, 0.4) is 0 Å². The van der Waals surface area contributed by atoms with Gasteiger partial charge in [0.15, 0.2) is 0 Å². The Labute approximate surface area is 220 Å². The average Bonchev–Trinajstić information content (AvgIpc) is 3.59. The summed E-state index contributed by atoms with van der Waals surface area (Å²) in [6.07, 6.45) is 10.8. The number of allylic oxidation sites excluding steroid dienone is 2. The van der Waals surface area contributed by atoms with E-state index in [0.717, 1.165) is 33.0 Å². The highest BCUT2D eigenvalue weighted by Crippen LogP contribution is 2.40. The summed E-state index contributed by atoms with van der Waals surface area (Å²) < 4.78 is 6.29. The molecule has 0 amide bonds. The van der Waals surface area contributed by atoms with Crippen LogP contribution in [-0.4, -0.2) is 11.1 Å². The summed E-state index contributed by atoms with van der Waals surface area (Å²) in [5, 5.41) is 8.23. The van der Waals surface area contributed by atoms with Gasteiger partial charge in [-0.3, -0.25) is 0 Å². The molecule has 3 heteroatoms. The Kier molecular flexibility index (Phi) is 4.58. The molecule has 0 radical (unpaired) electrons. The number of hydrogen-bond acceptors (Lipinski definition) is 3. The van der Waals surface area contributed by atoms with Crippen LogP contribution in [0.1, 0.15) is 5.56 Å². The fourth-order valence-electron chi connectivity index (χ4n) is 5.73. The molecule has 8 rings (SSSR count). The number of benzene rings is 5. The molecule has 0 fully saturated rings. The summed E-state index contributed by atoms with van der Waals surface area (Å²) in [5.41, 5.74) is 9.05. The minimum absolute atomic E-state index is 0.206. The van der Waals surface area contributed by atoms with Crippen molar-refractivity contribution in [3.8, 4) is 22.3 Å². The number of nitrogens with zero attached hydrogens (tertiary/aromatic N) is 1. The van der Waals surface area contributed by atoms with Crippen LogP contribution in [0.2, 0.25) is 0 Å². The summed E-state index contributed by atoms with van der Waals surface area (Å²) in [6, 6.07) is 36.8. The van der Waals surface area contributed by atoms with Crippen LogP contribution in [0.15, 0.2) is 138 Å². The van der Waals surface area contributed by atoms with Gasteiger partial charge < -0.3 is 14.6 Å². The molecule has 1 unspecified atom stereocenters. The van der Waals surface area contributed by atoms with E-state index in [0.29, 0.717) is 0 Å². The van der Waals surface area contributed by atoms with Crippen molar-refractivity contribution in [2.45, 2.75) is 6.17 Å². The Morgan fingerprint density at radius 1 is 0.605 bits per heavy atom. The van der Waals surface area contributed by atoms with Crippen molar-refractivity contribution in [2.75, 3.05) is 0 Å². The molecular weight excluding hydrogens is 464 g/mol. The van der Waals surface area contributed by atoms with Crippen molar-refractivity contribution >= 4 is 38.4 Å². The molecule has 2 aliphatic rings. The quantitative estimate of drug-likeness (QED) is 0.270. The first-order valence-electron chi connectivity index (χ1n) is 13.0. The minimum atomic E-state index is 0.206. The van der Waals surface area contributed by atoms with Crippen LogP contribution in [-0.2, 0) is 0 Å². The van der Waals surface area contributed by atoms with Crippen LogP contribution >= 0.6 is 0 Å². The lowest BCUT2D eigenvalue weighted by Gasteiger charge is -2.20. The molecule has 38 heavy (non-hydrogen) atoms. The molecule has 1 atom stereocenters. The minimum Gasteiger partial charge on any atom is -0.455 e. The summed E-state index contributed by atoms with van der Waals surface area (Å²) in [5.74, 6) is 0. The average molecular weight is 489 g/mol. The molecule has 5 aromatic carbocycles. The van der Waals surface area contributed by atoms with Crippen LogP contribution in [0, 0.1) is 0 Å². The highest BCUT2D eigenvalue weighted by Gasteiger charge is 2.21. The van der Waals surface area contributed by atoms with E-state index < -0.39 is 0 Å². The fourth-order valence-corrected chi connectivity index (χ4v) is 5.73. The summed E-state index contributed by atoms with van der Waals surface area (Å²) in [4.78, 5) is 2.19. The Morgan fingerprint density at radius 3 is 2.03 bits per heavy atom. The molecule has 1 N–H and O–H groups in total. The molecule has 0 saturated heterocycles. The first-order chi connectivity index (χ1) is 18.8. The first kappa shape index (κ1) is 21.1. The molecule has 1 aromatic heterocycles. The number of para-hydroxylation sites is 1. The maximum Gasteiger partial charge on any atom is 0.143 e. The Morgan fingerprint density at radius 2 is 1.26 bits per heavy atom. The standard InChI is InChI=1S/C35H24N2O/c1-2-9-29-27(7-1)30(21-31-28-8-3-4-10-33(28)38-35(29)31)25-16-12-23(13-17-25)24-14-18-26(19-15-24)32-22-37-20-6-5-11-34(37)36-32/h1-22,34,36H. The third kappa shape index (κ3) is 3.29. The van der Waals surface area contributed by atoms with E-state index in [2.05, 4.69) is 132 Å². The van der Waals surface area contributed by atoms with Gasteiger partial charge in [0.2, 0.25) is 0 Å². The van der Waals surface area contributed by atoms with Crippen LogP contribution in [0.5, 0.6) is 0 Å². The normalized spacial score (nSPS) is 16.3. The van der Waals surface area contributed by atoms with E-state index in [1.165, 1.54) is 33.2 Å². The molecule has 180 valence electrons. The van der Waals surface area contributed by atoms with Crippen LogP contribution < -0.4 is 5.32 Å². The van der Waals surface area contributed by atoms with E-state index >= 15 is 0 Å². The molecular formula is C35H24N2O. The van der Waals surface area contributed by atoms with Gasteiger partial charge in [-0.05, 0) is 57.5 Å². The van der Waals surface area contributed by atoms with Gasteiger partial charge in [-0.1, -0.05) is 97.1 Å². The largest absolute Gasteiger partial charge is 0.455 e. The smallest absolute Gasteiger partial charge is 0.143 e. The third-order valence-corrected chi connectivity index (χ3v) is 7.68. The van der Waals surface area contributed by atoms with E-state index in [1.807, 2.05) is 12.1 Å². The Hall–Kier alpha value is -5.02. The molecule has 0 spiro atoms. The highest BCUT2D eigenvalue weighted by molar-refractivity contribution is 6.19. The predicted octanol–water partition coefficient (Wildman–Crippen LogP) is 8.69. The lowest BCUT2D eigenvalue weighted by molar-refractivity contribution is 0.427. The Balaban J connectivity index is 1.15. The third-order valence-electron chi connectivity index (χ3n) is 7.68. The monoisotopic (exact) mass is 488 g/mol. The van der Waals surface area contributed by atoms with Gasteiger partial charge in [-0.2, -0.15) is 0 Å². The van der Waals surface area contributed by atoms with E-state index in [-0.39, 0.29) is 6.17 Å². The summed E-state index contributed by atoms with van der Waals surface area (Å²) in [7, 11) is 0. The molecule has 6 aromatic rings. The fraction of sp³-hybridized carbons (Fsp3) is 0.0286. The topological polar surface area (TPSA) is 28.4 Å². The number of fused-ring (bicyclic) bond motifs is 6. The van der Waals surface area contributed by atoms with Gasteiger partial charge in [0, 0.05) is 28.6 Å². The van der Waals surface area contributed by atoms with Crippen molar-refractivity contribution in [1.82, 2.24) is 10.2 Å². The van der Waals surface area contributed by atoms with Crippen LogP contribution in [0.25, 0.3) is 60.7 Å².